The SMILES string of the molecule is COc1ccc(Cl)cc1N1CCN(C(=O)Nc2ccccc2F)CC1. The number of para-hydroxylation sites is 1. The maximum atomic E-state index is 13.7. The van der Waals surface area contributed by atoms with E-state index in [4.69, 9.17) is 16.3 Å². The molecule has 0 saturated carbocycles. The van der Waals surface area contributed by atoms with Crippen LogP contribution in [0.3, 0.4) is 0 Å². The molecule has 0 unspecified atom stereocenters. The van der Waals surface area contributed by atoms with E-state index < -0.39 is 5.82 Å². The van der Waals surface area contributed by atoms with E-state index in [1.165, 1.54) is 6.07 Å². The van der Waals surface area contributed by atoms with E-state index in [1.807, 2.05) is 12.1 Å². The van der Waals surface area contributed by atoms with Gasteiger partial charge in [-0.2, -0.15) is 0 Å². The summed E-state index contributed by atoms with van der Waals surface area (Å²) in [5.41, 5.74) is 1.09. The Bertz CT molecular complexity index is 764. The van der Waals surface area contributed by atoms with Crippen LogP contribution in [0.25, 0.3) is 0 Å². The molecular weight excluding hydrogens is 345 g/mol. The standard InChI is InChI=1S/C18H19ClFN3O2/c1-25-17-7-6-13(19)12-16(17)22-8-10-23(11-9-22)18(24)21-15-5-3-2-4-14(15)20/h2-7,12H,8-11H2,1H3,(H,21,24). The van der Waals surface area contributed by atoms with Crippen molar-refractivity contribution in [1.82, 2.24) is 4.90 Å². The second-order valence-electron chi connectivity index (χ2n) is 5.70. The lowest BCUT2D eigenvalue weighted by atomic mass is 10.2. The summed E-state index contributed by atoms with van der Waals surface area (Å²) in [7, 11) is 1.62. The van der Waals surface area contributed by atoms with Gasteiger partial charge in [0.15, 0.2) is 0 Å². The smallest absolute Gasteiger partial charge is 0.322 e. The lowest BCUT2D eigenvalue weighted by Crippen LogP contribution is -2.50. The molecule has 0 radical (unpaired) electrons. The Morgan fingerprint density at radius 2 is 1.88 bits per heavy atom. The molecule has 132 valence electrons. The average molecular weight is 364 g/mol. The lowest BCUT2D eigenvalue weighted by molar-refractivity contribution is 0.208. The highest BCUT2D eigenvalue weighted by molar-refractivity contribution is 6.30. The van der Waals surface area contributed by atoms with Gasteiger partial charge < -0.3 is 19.9 Å². The number of halogens is 2. The Kier molecular flexibility index (Phi) is 5.28. The molecule has 2 aromatic carbocycles. The molecule has 1 heterocycles. The van der Waals surface area contributed by atoms with Crippen molar-refractivity contribution < 1.29 is 13.9 Å². The van der Waals surface area contributed by atoms with E-state index >= 15 is 0 Å². The first kappa shape index (κ1) is 17.4. The van der Waals surface area contributed by atoms with Crippen LogP contribution in [0.2, 0.25) is 5.02 Å². The number of methoxy groups -OCH3 is 1. The van der Waals surface area contributed by atoms with Gasteiger partial charge in [0, 0.05) is 31.2 Å². The molecule has 3 rings (SSSR count). The monoisotopic (exact) mass is 363 g/mol. The Hall–Kier alpha value is -2.47. The van der Waals surface area contributed by atoms with E-state index in [9.17, 15) is 9.18 Å². The zero-order valence-electron chi connectivity index (χ0n) is 13.8. The van der Waals surface area contributed by atoms with Crippen molar-refractivity contribution in [3.8, 4) is 5.75 Å². The highest BCUT2D eigenvalue weighted by atomic mass is 35.5. The summed E-state index contributed by atoms with van der Waals surface area (Å²) in [6.45, 7) is 2.33. The van der Waals surface area contributed by atoms with Gasteiger partial charge in [0.1, 0.15) is 11.6 Å². The summed E-state index contributed by atoms with van der Waals surface area (Å²) in [5, 5.41) is 3.25. The predicted octanol–water partition coefficient (Wildman–Crippen LogP) is 3.84. The van der Waals surface area contributed by atoms with Gasteiger partial charge in [0.25, 0.3) is 0 Å². The van der Waals surface area contributed by atoms with Crippen molar-refractivity contribution in [1.29, 1.82) is 0 Å². The minimum Gasteiger partial charge on any atom is -0.495 e. The van der Waals surface area contributed by atoms with Gasteiger partial charge in [-0.25, -0.2) is 9.18 Å². The quantitative estimate of drug-likeness (QED) is 0.901. The molecule has 0 aromatic heterocycles. The molecule has 0 aliphatic carbocycles. The first-order valence-corrected chi connectivity index (χ1v) is 8.35. The highest BCUT2D eigenvalue weighted by Crippen LogP contribution is 2.31. The summed E-state index contributed by atoms with van der Waals surface area (Å²) in [6.07, 6.45) is 0. The van der Waals surface area contributed by atoms with Gasteiger partial charge >= 0.3 is 6.03 Å². The van der Waals surface area contributed by atoms with Crippen LogP contribution in [0.1, 0.15) is 0 Å². The molecule has 1 aliphatic rings. The molecule has 7 heteroatoms. The predicted molar refractivity (Wildman–Crippen MR) is 97.2 cm³/mol. The number of ether oxygens (including phenoxy) is 1. The molecule has 1 N–H and O–H groups in total. The molecule has 5 nitrogen and oxygen atoms in total. The fourth-order valence-electron chi connectivity index (χ4n) is 2.82. The highest BCUT2D eigenvalue weighted by Gasteiger charge is 2.23. The van der Waals surface area contributed by atoms with E-state index in [0.29, 0.717) is 31.2 Å². The number of nitrogens with zero attached hydrogens (tertiary/aromatic N) is 2. The summed E-state index contributed by atoms with van der Waals surface area (Å²) >= 11 is 6.08. The van der Waals surface area contributed by atoms with Crippen LogP contribution in [-0.4, -0.2) is 44.2 Å². The average Bonchev–Trinajstić information content (AvgIpc) is 2.63. The van der Waals surface area contributed by atoms with Crippen LogP contribution in [0, 0.1) is 5.82 Å². The minimum absolute atomic E-state index is 0.187. The Morgan fingerprint density at radius 1 is 1.16 bits per heavy atom. The molecule has 1 aliphatic heterocycles. The molecule has 1 saturated heterocycles. The molecule has 25 heavy (non-hydrogen) atoms. The van der Waals surface area contributed by atoms with E-state index in [-0.39, 0.29) is 11.7 Å². The third kappa shape index (κ3) is 3.96. The fourth-order valence-corrected chi connectivity index (χ4v) is 2.98. The van der Waals surface area contributed by atoms with E-state index in [0.717, 1.165) is 11.4 Å². The number of benzene rings is 2. The van der Waals surface area contributed by atoms with Gasteiger partial charge in [-0.15, -0.1) is 0 Å². The Balaban J connectivity index is 1.63. The normalized spacial score (nSPS) is 14.4. The molecular formula is C18H19ClFN3O2. The lowest BCUT2D eigenvalue weighted by Gasteiger charge is -2.36. The topological polar surface area (TPSA) is 44.8 Å². The number of carbonyl (C=O) groups is 1. The fraction of sp³-hybridized carbons (Fsp3) is 0.278. The summed E-state index contributed by atoms with van der Waals surface area (Å²) < 4.78 is 19.0. The molecule has 2 amide bonds. The number of hydrogen-bond donors (Lipinski definition) is 1. The van der Waals surface area contributed by atoms with Crippen LogP contribution in [0.5, 0.6) is 5.75 Å². The van der Waals surface area contributed by atoms with Crippen molar-refractivity contribution in [2.24, 2.45) is 0 Å². The third-order valence-corrected chi connectivity index (χ3v) is 4.40. The molecule has 0 bridgehead atoms. The van der Waals surface area contributed by atoms with Crippen LogP contribution in [-0.2, 0) is 0 Å². The second kappa shape index (κ2) is 7.61. The van der Waals surface area contributed by atoms with E-state index in [2.05, 4.69) is 10.2 Å². The van der Waals surface area contributed by atoms with Crippen molar-refractivity contribution in [2.45, 2.75) is 0 Å². The molecule has 2 aromatic rings. The maximum Gasteiger partial charge on any atom is 0.322 e. The first-order valence-electron chi connectivity index (χ1n) is 7.97. The minimum atomic E-state index is -0.446. The van der Waals surface area contributed by atoms with E-state index in [1.54, 1.807) is 36.3 Å². The van der Waals surface area contributed by atoms with Crippen molar-refractivity contribution in [3.05, 3.63) is 53.3 Å². The number of rotatable bonds is 3. The number of amides is 2. The number of anilines is 2. The molecule has 0 atom stereocenters. The zero-order chi connectivity index (χ0) is 17.8. The van der Waals surface area contributed by atoms with Crippen LogP contribution >= 0.6 is 11.6 Å². The number of nitrogens with one attached hydrogen (secondary N) is 1. The number of piperazine rings is 1. The molecule has 1 fully saturated rings. The number of carbonyl (C=O) groups excluding carboxylic acids is 1. The van der Waals surface area contributed by atoms with Gasteiger partial charge in [0.2, 0.25) is 0 Å². The summed E-state index contributed by atoms with van der Waals surface area (Å²) in [4.78, 5) is 16.1. The van der Waals surface area contributed by atoms with Crippen molar-refractivity contribution in [2.75, 3.05) is 43.5 Å². The van der Waals surface area contributed by atoms with Crippen molar-refractivity contribution >= 4 is 29.0 Å². The van der Waals surface area contributed by atoms with Gasteiger partial charge in [-0.05, 0) is 30.3 Å². The third-order valence-electron chi connectivity index (χ3n) is 4.16. The maximum absolute atomic E-state index is 13.7. The first-order chi connectivity index (χ1) is 12.1. The van der Waals surface area contributed by atoms with Gasteiger partial charge in [0.05, 0.1) is 18.5 Å². The summed E-state index contributed by atoms with van der Waals surface area (Å²) in [5.74, 6) is 0.298. The van der Waals surface area contributed by atoms with Crippen LogP contribution < -0.4 is 15.0 Å². The Labute approximate surface area is 150 Å². The summed E-state index contributed by atoms with van der Waals surface area (Å²) in [6, 6.07) is 11.3. The zero-order valence-corrected chi connectivity index (χ0v) is 14.6. The number of hydrogen-bond acceptors (Lipinski definition) is 3. The van der Waals surface area contributed by atoms with Crippen LogP contribution in [0.4, 0.5) is 20.6 Å². The Morgan fingerprint density at radius 3 is 2.56 bits per heavy atom. The van der Waals surface area contributed by atoms with Crippen LogP contribution in [0.15, 0.2) is 42.5 Å². The largest absolute Gasteiger partial charge is 0.495 e. The van der Waals surface area contributed by atoms with Crippen molar-refractivity contribution in [3.63, 3.8) is 0 Å². The van der Waals surface area contributed by atoms with Gasteiger partial charge in [-0.1, -0.05) is 23.7 Å². The second-order valence-corrected chi connectivity index (χ2v) is 6.14. The van der Waals surface area contributed by atoms with Gasteiger partial charge in [-0.3, -0.25) is 0 Å². The number of urea groups is 1. The molecule has 0 spiro atoms.